The van der Waals surface area contributed by atoms with E-state index in [-0.39, 0.29) is 0 Å². The molecule has 25 heavy (non-hydrogen) atoms. The predicted octanol–water partition coefficient (Wildman–Crippen LogP) is 2.72. The van der Waals surface area contributed by atoms with Crippen molar-refractivity contribution in [3.8, 4) is 5.75 Å². The van der Waals surface area contributed by atoms with E-state index >= 15 is 0 Å². The molecule has 2 heterocycles. The summed E-state index contributed by atoms with van der Waals surface area (Å²) in [6, 6.07) is 8.20. The van der Waals surface area contributed by atoms with Crippen LogP contribution in [0.1, 0.15) is 17.8 Å². The fourth-order valence-electron chi connectivity index (χ4n) is 2.93. The molecule has 0 aliphatic heterocycles. The summed E-state index contributed by atoms with van der Waals surface area (Å²) in [6.07, 6.45) is 10.6. The number of aryl methyl sites for hydroxylation is 2. The average molecular weight is 339 g/mol. The van der Waals surface area contributed by atoms with Crippen LogP contribution in [0.3, 0.4) is 0 Å². The van der Waals surface area contributed by atoms with Crippen LogP contribution >= 0.6 is 0 Å². The number of benzene rings is 1. The van der Waals surface area contributed by atoms with Gasteiger partial charge in [0.2, 0.25) is 0 Å². The Morgan fingerprint density at radius 3 is 2.72 bits per heavy atom. The molecule has 0 spiro atoms. The molecular formula is C19H25N5O. The molecule has 0 atom stereocenters. The van der Waals surface area contributed by atoms with Crippen molar-refractivity contribution in [2.45, 2.75) is 26.1 Å². The van der Waals surface area contributed by atoms with Crippen LogP contribution in [0.2, 0.25) is 0 Å². The number of aromatic nitrogens is 4. The number of rotatable bonds is 9. The van der Waals surface area contributed by atoms with Gasteiger partial charge in [-0.2, -0.15) is 0 Å². The van der Waals surface area contributed by atoms with Crippen molar-refractivity contribution in [1.82, 2.24) is 24.0 Å². The van der Waals surface area contributed by atoms with Crippen molar-refractivity contribution < 1.29 is 4.74 Å². The molecule has 0 unspecified atom stereocenters. The lowest BCUT2D eigenvalue weighted by Gasteiger charge is -2.23. The van der Waals surface area contributed by atoms with E-state index in [1.54, 1.807) is 7.11 Å². The molecule has 0 saturated heterocycles. The Hall–Kier alpha value is -2.60. The molecule has 0 bridgehead atoms. The normalized spacial score (nSPS) is 11.2. The highest BCUT2D eigenvalue weighted by Crippen LogP contribution is 2.20. The summed E-state index contributed by atoms with van der Waals surface area (Å²) < 4.78 is 9.70. The second kappa shape index (κ2) is 8.48. The number of hydrogen-bond acceptors (Lipinski definition) is 4. The van der Waals surface area contributed by atoms with Crippen LogP contribution in [0, 0.1) is 0 Å². The van der Waals surface area contributed by atoms with Gasteiger partial charge in [0.05, 0.1) is 20.0 Å². The monoisotopic (exact) mass is 339 g/mol. The largest absolute Gasteiger partial charge is 0.496 e. The molecule has 2 aromatic heterocycles. The van der Waals surface area contributed by atoms with E-state index < -0.39 is 0 Å². The van der Waals surface area contributed by atoms with E-state index in [9.17, 15) is 0 Å². The lowest BCUT2D eigenvalue weighted by Crippen LogP contribution is -2.26. The summed E-state index contributed by atoms with van der Waals surface area (Å²) in [5.74, 6) is 2.00. The van der Waals surface area contributed by atoms with Crippen molar-refractivity contribution in [1.29, 1.82) is 0 Å². The molecule has 0 radical (unpaired) electrons. The first-order valence-electron chi connectivity index (χ1n) is 8.52. The van der Waals surface area contributed by atoms with Gasteiger partial charge >= 0.3 is 0 Å². The molecule has 0 amide bonds. The minimum atomic E-state index is 0.811. The van der Waals surface area contributed by atoms with Crippen molar-refractivity contribution >= 4 is 0 Å². The highest BCUT2D eigenvalue weighted by atomic mass is 16.5. The van der Waals surface area contributed by atoms with Crippen LogP contribution in [-0.2, 0) is 26.7 Å². The van der Waals surface area contributed by atoms with Crippen LogP contribution in [-0.4, -0.2) is 37.7 Å². The molecule has 0 N–H and O–H groups in total. The second-order valence-corrected chi connectivity index (χ2v) is 6.13. The molecule has 1 aromatic carbocycles. The standard InChI is InChI=1S/C19H25N5O/c1-22-12-9-21-19(22)15-24(11-5-10-23-13-8-20-16-23)14-17-6-3-4-7-18(17)25-2/h3-4,6-9,12-13,16H,5,10-11,14-15H2,1-2H3. The van der Waals surface area contributed by atoms with Crippen LogP contribution in [0.5, 0.6) is 5.75 Å². The molecule has 0 fully saturated rings. The van der Waals surface area contributed by atoms with Crippen LogP contribution in [0.4, 0.5) is 0 Å². The van der Waals surface area contributed by atoms with Gasteiger partial charge < -0.3 is 13.9 Å². The molecule has 132 valence electrons. The third kappa shape index (κ3) is 4.70. The van der Waals surface area contributed by atoms with E-state index in [2.05, 4.69) is 36.1 Å². The van der Waals surface area contributed by atoms with Gasteiger partial charge in [0.1, 0.15) is 11.6 Å². The molecule has 3 aromatic rings. The molecular weight excluding hydrogens is 314 g/mol. The third-order valence-electron chi connectivity index (χ3n) is 4.32. The van der Waals surface area contributed by atoms with Crippen molar-refractivity contribution in [3.63, 3.8) is 0 Å². The Morgan fingerprint density at radius 2 is 2.00 bits per heavy atom. The fourth-order valence-corrected chi connectivity index (χ4v) is 2.93. The summed E-state index contributed by atoms with van der Waals surface area (Å²) >= 11 is 0. The van der Waals surface area contributed by atoms with Gasteiger partial charge in [-0.05, 0) is 12.5 Å². The predicted molar refractivity (Wildman–Crippen MR) is 97.2 cm³/mol. The Kier molecular flexibility index (Phi) is 5.85. The number of ether oxygens (including phenoxy) is 1. The average Bonchev–Trinajstić information content (AvgIpc) is 3.28. The van der Waals surface area contributed by atoms with Gasteiger partial charge in [0.25, 0.3) is 0 Å². The summed E-state index contributed by atoms with van der Waals surface area (Å²) in [4.78, 5) is 11.0. The van der Waals surface area contributed by atoms with E-state index in [0.29, 0.717) is 0 Å². The molecule has 3 rings (SSSR count). The maximum atomic E-state index is 5.51. The summed E-state index contributed by atoms with van der Waals surface area (Å²) in [5, 5.41) is 0. The Balaban J connectivity index is 1.68. The van der Waals surface area contributed by atoms with Gasteiger partial charge in [-0.15, -0.1) is 0 Å². The lowest BCUT2D eigenvalue weighted by atomic mass is 10.2. The topological polar surface area (TPSA) is 48.1 Å². The number of methoxy groups -OCH3 is 1. The third-order valence-corrected chi connectivity index (χ3v) is 4.32. The van der Waals surface area contributed by atoms with E-state index in [1.807, 2.05) is 50.3 Å². The Labute approximate surface area is 148 Å². The van der Waals surface area contributed by atoms with Gasteiger partial charge in [-0.25, -0.2) is 9.97 Å². The SMILES string of the molecule is COc1ccccc1CN(CCCn1ccnc1)Cc1nccn1C. The molecule has 0 aliphatic carbocycles. The first kappa shape index (κ1) is 17.2. The van der Waals surface area contributed by atoms with Gasteiger partial charge in [0, 0.05) is 57.0 Å². The molecule has 0 saturated carbocycles. The molecule has 6 heteroatoms. The quantitative estimate of drug-likeness (QED) is 0.601. The van der Waals surface area contributed by atoms with Crippen molar-refractivity contribution in [3.05, 3.63) is 66.8 Å². The lowest BCUT2D eigenvalue weighted by molar-refractivity contribution is 0.236. The van der Waals surface area contributed by atoms with Crippen molar-refractivity contribution in [2.24, 2.45) is 7.05 Å². The zero-order chi connectivity index (χ0) is 17.5. The minimum Gasteiger partial charge on any atom is -0.496 e. The summed E-state index contributed by atoms with van der Waals surface area (Å²) in [5.41, 5.74) is 1.20. The van der Waals surface area contributed by atoms with Crippen LogP contribution in [0.25, 0.3) is 0 Å². The fraction of sp³-hybridized carbons (Fsp3) is 0.368. The van der Waals surface area contributed by atoms with Crippen molar-refractivity contribution in [2.75, 3.05) is 13.7 Å². The van der Waals surface area contributed by atoms with Crippen LogP contribution < -0.4 is 4.74 Å². The summed E-state index contributed by atoms with van der Waals surface area (Å²) in [7, 11) is 3.76. The van der Waals surface area contributed by atoms with Gasteiger partial charge in [-0.1, -0.05) is 18.2 Å². The first-order valence-corrected chi connectivity index (χ1v) is 8.52. The highest BCUT2D eigenvalue weighted by molar-refractivity contribution is 5.33. The minimum absolute atomic E-state index is 0.811. The van der Waals surface area contributed by atoms with Crippen LogP contribution in [0.15, 0.2) is 55.4 Å². The Morgan fingerprint density at radius 1 is 1.12 bits per heavy atom. The number of imidazole rings is 2. The number of hydrogen-bond donors (Lipinski definition) is 0. The smallest absolute Gasteiger partial charge is 0.123 e. The van der Waals surface area contributed by atoms with E-state index in [0.717, 1.165) is 44.2 Å². The summed E-state index contributed by atoms with van der Waals surface area (Å²) in [6.45, 7) is 3.58. The van der Waals surface area contributed by atoms with E-state index in [4.69, 9.17) is 4.74 Å². The van der Waals surface area contributed by atoms with E-state index in [1.165, 1.54) is 5.56 Å². The number of nitrogens with zero attached hydrogens (tertiary/aromatic N) is 5. The zero-order valence-corrected chi connectivity index (χ0v) is 14.9. The Bertz CT molecular complexity index is 766. The van der Waals surface area contributed by atoms with Gasteiger partial charge in [0.15, 0.2) is 0 Å². The second-order valence-electron chi connectivity index (χ2n) is 6.13. The molecule has 0 aliphatic rings. The highest BCUT2D eigenvalue weighted by Gasteiger charge is 2.12. The van der Waals surface area contributed by atoms with Gasteiger partial charge in [-0.3, -0.25) is 4.90 Å². The maximum Gasteiger partial charge on any atom is 0.123 e. The number of para-hydroxylation sites is 1. The molecule has 6 nitrogen and oxygen atoms in total. The maximum absolute atomic E-state index is 5.51. The first-order chi connectivity index (χ1) is 12.3. The zero-order valence-electron chi connectivity index (χ0n) is 14.9.